The molecule has 4 rings (SSSR count). The maximum Gasteiger partial charge on any atom is 0.273 e. The highest BCUT2D eigenvalue weighted by molar-refractivity contribution is 7.94. The second-order valence-electron chi connectivity index (χ2n) is 5.89. The van der Waals surface area contributed by atoms with Gasteiger partial charge in [-0.1, -0.05) is 6.07 Å². The van der Waals surface area contributed by atoms with Crippen LogP contribution in [0.2, 0.25) is 0 Å². The van der Waals surface area contributed by atoms with Crippen molar-refractivity contribution in [1.29, 1.82) is 0 Å². The molecule has 7 nitrogen and oxygen atoms in total. The standard InChI is InChI=1S/C17H15N3O4S3/c1-10-16(11-5-6-13-12(8-11)20(2)14(21)9-24-13)18-17(26-10)19-27(22,23)15-4-3-7-25-15/h3-8H,9H2,1-2H3,(H,18,19). The zero-order chi connectivity index (χ0) is 19.2. The van der Waals surface area contributed by atoms with Crippen LogP contribution in [-0.2, 0) is 14.8 Å². The first-order valence-corrected chi connectivity index (χ1v) is 11.1. The van der Waals surface area contributed by atoms with Gasteiger partial charge < -0.3 is 9.64 Å². The minimum Gasteiger partial charge on any atom is -0.482 e. The Kier molecular flexibility index (Phi) is 4.41. The minimum absolute atomic E-state index is 0.0211. The van der Waals surface area contributed by atoms with E-state index in [4.69, 9.17) is 4.74 Å². The number of nitrogens with zero attached hydrogens (tertiary/aromatic N) is 2. The molecule has 10 heteroatoms. The van der Waals surface area contributed by atoms with E-state index in [0.717, 1.165) is 21.8 Å². The molecule has 140 valence electrons. The molecule has 1 aliphatic rings. The van der Waals surface area contributed by atoms with Crippen molar-refractivity contribution in [1.82, 2.24) is 4.98 Å². The van der Waals surface area contributed by atoms with Crippen molar-refractivity contribution in [3.05, 3.63) is 40.6 Å². The number of ether oxygens (including phenoxy) is 1. The molecule has 0 spiro atoms. The average Bonchev–Trinajstić information content (AvgIpc) is 3.28. The first kappa shape index (κ1) is 18.0. The van der Waals surface area contributed by atoms with Crippen molar-refractivity contribution in [2.24, 2.45) is 0 Å². The largest absolute Gasteiger partial charge is 0.482 e. The van der Waals surface area contributed by atoms with Gasteiger partial charge in [-0.2, -0.15) is 0 Å². The van der Waals surface area contributed by atoms with E-state index in [9.17, 15) is 13.2 Å². The van der Waals surface area contributed by atoms with Gasteiger partial charge in [0.1, 0.15) is 9.96 Å². The molecule has 27 heavy (non-hydrogen) atoms. The Morgan fingerprint density at radius 2 is 2.11 bits per heavy atom. The van der Waals surface area contributed by atoms with Crippen LogP contribution in [0.3, 0.4) is 0 Å². The number of benzene rings is 1. The number of sulfonamides is 1. The third-order valence-electron chi connectivity index (χ3n) is 4.10. The fourth-order valence-electron chi connectivity index (χ4n) is 2.71. The van der Waals surface area contributed by atoms with Crippen LogP contribution in [0.4, 0.5) is 10.8 Å². The van der Waals surface area contributed by atoms with Crippen molar-refractivity contribution in [3.8, 4) is 17.0 Å². The van der Waals surface area contributed by atoms with E-state index >= 15 is 0 Å². The molecular formula is C17H15N3O4S3. The van der Waals surface area contributed by atoms with Gasteiger partial charge >= 0.3 is 0 Å². The van der Waals surface area contributed by atoms with Crippen molar-refractivity contribution in [3.63, 3.8) is 0 Å². The summed E-state index contributed by atoms with van der Waals surface area (Å²) in [5, 5.41) is 2.01. The summed E-state index contributed by atoms with van der Waals surface area (Å²) in [6.45, 7) is 1.90. The first-order chi connectivity index (χ1) is 12.8. The first-order valence-electron chi connectivity index (χ1n) is 7.93. The summed E-state index contributed by atoms with van der Waals surface area (Å²) in [5.74, 6) is 0.506. The summed E-state index contributed by atoms with van der Waals surface area (Å²) in [6.07, 6.45) is 0. The number of anilines is 2. The summed E-state index contributed by atoms with van der Waals surface area (Å²) in [5.41, 5.74) is 2.11. The van der Waals surface area contributed by atoms with Crippen LogP contribution in [0.25, 0.3) is 11.3 Å². The lowest BCUT2D eigenvalue weighted by atomic mass is 10.1. The molecule has 2 aromatic heterocycles. The van der Waals surface area contributed by atoms with Crippen LogP contribution in [0, 0.1) is 6.92 Å². The van der Waals surface area contributed by atoms with Gasteiger partial charge in [0.2, 0.25) is 0 Å². The third kappa shape index (κ3) is 3.31. The number of aryl methyl sites for hydroxylation is 1. The van der Waals surface area contributed by atoms with Crippen LogP contribution >= 0.6 is 22.7 Å². The second kappa shape index (κ2) is 6.63. The fourth-order valence-corrected chi connectivity index (χ4v) is 5.77. The van der Waals surface area contributed by atoms with Crippen LogP contribution in [0.1, 0.15) is 4.88 Å². The van der Waals surface area contributed by atoms with E-state index in [1.807, 2.05) is 19.1 Å². The topological polar surface area (TPSA) is 88.6 Å². The predicted octanol–water partition coefficient (Wildman–Crippen LogP) is 3.34. The Labute approximate surface area is 164 Å². The Balaban J connectivity index is 1.67. The van der Waals surface area contributed by atoms with E-state index in [0.29, 0.717) is 22.3 Å². The van der Waals surface area contributed by atoms with E-state index in [2.05, 4.69) is 9.71 Å². The highest BCUT2D eigenvalue weighted by Gasteiger charge is 2.24. The highest BCUT2D eigenvalue weighted by atomic mass is 32.2. The van der Waals surface area contributed by atoms with Crippen LogP contribution in [0.15, 0.2) is 39.9 Å². The Hall–Kier alpha value is -2.43. The molecule has 0 fully saturated rings. The number of thiophene rings is 1. The molecule has 0 atom stereocenters. The molecule has 0 saturated carbocycles. The number of fused-ring (bicyclic) bond motifs is 1. The summed E-state index contributed by atoms with van der Waals surface area (Å²) in [6, 6.07) is 8.70. The van der Waals surface area contributed by atoms with Crippen LogP contribution in [0.5, 0.6) is 5.75 Å². The molecule has 0 bridgehead atoms. The SMILES string of the molecule is Cc1sc(NS(=O)(=O)c2cccs2)nc1-c1ccc2c(c1)N(C)C(=O)CO2. The number of hydrogen-bond donors (Lipinski definition) is 1. The molecule has 0 aliphatic carbocycles. The number of carbonyl (C=O) groups is 1. The molecule has 0 unspecified atom stereocenters. The molecule has 0 saturated heterocycles. The lowest BCUT2D eigenvalue weighted by molar-refractivity contribution is -0.120. The van der Waals surface area contributed by atoms with Crippen molar-refractivity contribution < 1.29 is 17.9 Å². The quantitative estimate of drug-likeness (QED) is 0.698. The lowest BCUT2D eigenvalue weighted by Gasteiger charge is -2.26. The Bertz CT molecular complexity index is 1120. The maximum absolute atomic E-state index is 12.4. The Morgan fingerprint density at radius 3 is 2.85 bits per heavy atom. The zero-order valence-electron chi connectivity index (χ0n) is 14.4. The molecule has 1 aliphatic heterocycles. The number of hydrogen-bond acceptors (Lipinski definition) is 7. The molecule has 1 aromatic carbocycles. The fraction of sp³-hybridized carbons (Fsp3) is 0.176. The smallest absolute Gasteiger partial charge is 0.273 e. The normalized spacial score (nSPS) is 14.0. The van der Waals surface area contributed by atoms with Gasteiger partial charge in [0.25, 0.3) is 15.9 Å². The van der Waals surface area contributed by atoms with Gasteiger partial charge in [0.05, 0.1) is 11.4 Å². The molecule has 3 heterocycles. The van der Waals surface area contributed by atoms with E-state index in [1.54, 1.807) is 35.5 Å². The van der Waals surface area contributed by atoms with Gasteiger partial charge in [0, 0.05) is 17.5 Å². The zero-order valence-corrected chi connectivity index (χ0v) is 16.9. The van der Waals surface area contributed by atoms with Gasteiger partial charge in [0.15, 0.2) is 11.7 Å². The number of carbonyl (C=O) groups excluding carboxylic acids is 1. The Morgan fingerprint density at radius 1 is 1.30 bits per heavy atom. The molecule has 1 amide bonds. The summed E-state index contributed by atoms with van der Waals surface area (Å²) < 4.78 is 33.0. The molecule has 3 aromatic rings. The van der Waals surface area contributed by atoms with Crippen molar-refractivity contribution in [2.45, 2.75) is 11.1 Å². The predicted molar refractivity (Wildman–Crippen MR) is 106 cm³/mol. The molecule has 1 N–H and O–H groups in total. The van der Waals surface area contributed by atoms with Crippen molar-refractivity contribution in [2.75, 3.05) is 23.3 Å². The number of amides is 1. The second-order valence-corrected chi connectivity index (χ2v) is 9.95. The van der Waals surface area contributed by atoms with Crippen molar-refractivity contribution >= 4 is 49.4 Å². The number of thiazole rings is 1. The van der Waals surface area contributed by atoms with Gasteiger partial charge in [-0.05, 0) is 36.6 Å². The van der Waals surface area contributed by atoms with Gasteiger partial charge in [-0.3, -0.25) is 9.52 Å². The molecule has 0 radical (unpaired) electrons. The average molecular weight is 422 g/mol. The van der Waals surface area contributed by atoms with Gasteiger partial charge in [-0.15, -0.1) is 22.7 Å². The maximum atomic E-state index is 12.4. The van der Waals surface area contributed by atoms with Crippen LogP contribution < -0.4 is 14.4 Å². The number of aromatic nitrogens is 1. The van der Waals surface area contributed by atoms with E-state index in [1.165, 1.54) is 11.3 Å². The number of likely N-dealkylation sites (N-methyl/N-ethyl adjacent to an activating group) is 1. The number of nitrogens with one attached hydrogen (secondary N) is 1. The van der Waals surface area contributed by atoms with Crippen LogP contribution in [-0.4, -0.2) is 33.0 Å². The van der Waals surface area contributed by atoms with E-state index in [-0.39, 0.29) is 16.7 Å². The summed E-state index contributed by atoms with van der Waals surface area (Å²) in [7, 11) is -1.95. The highest BCUT2D eigenvalue weighted by Crippen LogP contribution is 2.38. The minimum atomic E-state index is -3.64. The molecular weight excluding hydrogens is 406 g/mol. The summed E-state index contributed by atoms with van der Waals surface area (Å²) >= 11 is 2.41. The van der Waals surface area contributed by atoms with Gasteiger partial charge in [-0.25, -0.2) is 13.4 Å². The van der Waals surface area contributed by atoms with E-state index < -0.39 is 10.0 Å². The summed E-state index contributed by atoms with van der Waals surface area (Å²) in [4.78, 5) is 18.7. The number of rotatable bonds is 4. The lowest BCUT2D eigenvalue weighted by Crippen LogP contribution is -2.35. The third-order valence-corrected chi connectivity index (χ3v) is 7.85. The monoisotopic (exact) mass is 421 g/mol.